The van der Waals surface area contributed by atoms with Crippen LogP contribution >= 0.6 is 0 Å². The normalized spacial score (nSPS) is 11.5. The number of hydrogen-bond acceptors (Lipinski definition) is 2. The van der Waals surface area contributed by atoms with Gasteiger partial charge in [-0.25, -0.2) is 0 Å². The Balaban J connectivity index is 1.32. The van der Waals surface area contributed by atoms with Crippen LogP contribution in [0.2, 0.25) is 0 Å². The van der Waals surface area contributed by atoms with Gasteiger partial charge in [0.05, 0.1) is 0 Å². The van der Waals surface area contributed by atoms with Gasteiger partial charge in [-0.15, -0.1) is 0 Å². The third-order valence-corrected chi connectivity index (χ3v) is 8.98. The zero-order chi connectivity index (χ0) is 31.4. The highest BCUT2D eigenvalue weighted by Gasteiger charge is 2.19. The number of benzene rings is 8. The summed E-state index contributed by atoms with van der Waals surface area (Å²) < 4.78 is 0. The summed E-state index contributed by atoms with van der Waals surface area (Å²) in [5.74, 6) is 0. The van der Waals surface area contributed by atoms with E-state index in [0.717, 1.165) is 22.7 Å². The molecule has 0 atom stereocenters. The maximum absolute atomic E-state index is 2.38. The largest absolute Gasteiger partial charge is 0.310 e. The molecular formula is C44H36N2. The molecule has 0 saturated carbocycles. The molecule has 2 nitrogen and oxygen atoms in total. The van der Waals surface area contributed by atoms with E-state index in [2.05, 4.69) is 183 Å². The van der Waals surface area contributed by atoms with E-state index in [4.69, 9.17) is 0 Å². The van der Waals surface area contributed by atoms with Gasteiger partial charge in [-0.2, -0.15) is 0 Å². The smallest absolute Gasteiger partial charge is 0.0473 e. The Morgan fingerprint density at radius 3 is 0.870 bits per heavy atom. The Morgan fingerprint density at radius 1 is 0.283 bits per heavy atom. The van der Waals surface area contributed by atoms with Crippen LogP contribution in [0.1, 0.15) is 22.3 Å². The van der Waals surface area contributed by atoms with Gasteiger partial charge >= 0.3 is 0 Å². The first kappa shape index (κ1) is 27.9. The summed E-state index contributed by atoms with van der Waals surface area (Å²) >= 11 is 0. The first-order valence-corrected chi connectivity index (χ1v) is 16.0. The van der Waals surface area contributed by atoms with Gasteiger partial charge in [0.25, 0.3) is 0 Å². The molecule has 0 amide bonds. The first-order valence-electron chi connectivity index (χ1n) is 16.0. The molecule has 0 aliphatic heterocycles. The van der Waals surface area contributed by atoms with E-state index >= 15 is 0 Å². The van der Waals surface area contributed by atoms with Crippen molar-refractivity contribution in [2.24, 2.45) is 0 Å². The van der Waals surface area contributed by atoms with E-state index in [1.807, 2.05) is 0 Å². The van der Waals surface area contributed by atoms with E-state index in [1.54, 1.807) is 0 Å². The minimum Gasteiger partial charge on any atom is -0.310 e. The fraction of sp³-hybridized carbons (Fsp3) is 0.0909. The lowest BCUT2D eigenvalue weighted by atomic mass is 9.92. The van der Waals surface area contributed by atoms with Gasteiger partial charge in [-0.3, -0.25) is 0 Å². The average Bonchev–Trinajstić information content (AvgIpc) is 3.04. The zero-order valence-corrected chi connectivity index (χ0v) is 26.8. The molecule has 0 N–H and O–H groups in total. The topological polar surface area (TPSA) is 6.48 Å². The van der Waals surface area contributed by atoms with Crippen LogP contribution < -0.4 is 9.80 Å². The molecule has 0 unspecified atom stereocenters. The lowest BCUT2D eigenvalue weighted by Crippen LogP contribution is -2.11. The lowest BCUT2D eigenvalue weighted by Gasteiger charge is -2.28. The van der Waals surface area contributed by atoms with Crippen LogP contribution in [0.5, 0.6) is 0 Å². The highest BCUT2D eigenvalue weighted by Crippen LogP contribution is 2.44. The third-order valence-electron chi connectivity index (χ3n) is 8.98. The van der Waals surface area contributed by atoms with Gasteiger partial charge in [-0.1, -0.05) is 72.8 Å². The molecular weight excluding hydrogens is 556 g/mol. The van der Waals surface area contributed by atoms with Crippen molar-refractivity contribution in [3.05, 3.63) is 168 Å². The summed E-state index contributed by atoms with van der Waals surface area (Å²) in [4.78, 5) is 4.77. The van der Waals surface area contributed by atoms with Crippen LogP contribution in [-0.4, -0.2) is 0 Å². The second-order valence-corrected chi connectivity index (χ2v) is 12.7. The maximum Gasteiger partial charge on any atom is 0.0473 e. The fourth-order valence-corrected chi connectivity index (χ4v) is 7.27. The SMILES string of the molecule is Cc1cc(C)cc(N(c2ccccc2)c2cc3ccc4cc(N(c5ccccc5)c5cc(C)cc(C)c5)cc5ccc(c2)c3c45)c1. The second-order valence-electron chi connectivity index (χ2n) is 12.7. The molecule has 8 aromatic rings. The van der Waals surface area contributed by atoms with E-state index in [0.29, 0.717) is 0 Å². The van der Waals surface area contributed by atoms with E-state index in [1.165, 1.54) is 65.9 Å². The van der Waals surface area contributed by atoms with Crippen molar-refractivity contribution in [3.8, 4) is 0 Å². The molecule has 0 aliphatic rings. The van der Waals surface area contributed by atoms with Crippen LogP contribution in [-0.2, 0) is 0 Å². The van der Waals surface area contributed by atoms with Gasteiger partial charge in [0.15, 0.2) is 0 Å². The van der Waals surface area contributed by atoms with Crippen molar-refractivity contribution in [1.29, 1.82) is 0 Å². The number of rotatable bonds is 6. The number of para-hydroxylation sites is 2. The Bertz CT molecular complexity index is 2080. The van der Waals surface area contributed by atoms with Crippen LogP contribution in [0.15, 0.2) is 146 Å². The van der Waals surface area contributed by atoms with Crippen molar-refractivity contribution in [3.63, 3.8) is 0 Å². The Morgan fingerprint density at radius 2 is 0.565 bits per heavy atom. The quantitative estimate of drug-likeness (QED) is 0.177. The minimum atomic E-state index is 1.15. The van der Waals surface area contributed by atoms with Crippen molar-refractivity contribution >= 4 is 66.4 Å². The molecule has 0 radical (unpaired) electrons. The van der Waals surface area contributed by atoms with Crippen LogP contribution in [0, 0.1) is 27.7 Å². The van der Waals surface area contributed by atoms with Gasteiger partial charge in [0.1, 0.15) is 0 Å². The Labute approximate surface area is 271 Å². The Hall–Kier alpha value is -5.60. The minimum absolute atomic E-state index is 1.15. The maximum atomic E-state index is 2.38. The van der Waals surface area contributed by atoms with Crippen molar-refractivity contribution in [1.82, 2.24) is 0 Å². The van der Waals surface area contributed by atoms with E-state index in [9.17, 15) is 0 Å². The number of aryl methyl sites for hydroxylation is 4. The van der Waals surface area contributed by atoms with Crippen LogP contribution in [0.3, 0.4) is 0 Å². The van der Waals surface area contributed by atoms with E-state index < -0.39 is 0 Å². The molecule has 0 aliphatic carbocycles. The molecule has 0 spiro atoms. The molecule has 8 rings (SSSR count). The highest BCUT2D eigenvalue weighted by atomic mass is 15.1. The molecule has 8 aromatic carbocycles. The van der Waals surface area contributed by atoms with Gasteiger partial charge in [0, 0.05) is 34.1 Å². The van der Waals surface area contributed by atoms with Crippen molar-refractivity contribution in [2.45, 2.75) is 27.7 Å². The average molecular weight is 593 g/mol. The summed E-state index contributed by atoms with van der Waals surface area (Å²) in [5, 5.41) is 7.62. The monoisotopic (exact) mass is 592 g/mol. The first-order chi connectivity index (χ1) is 22.4. The molecule has 0 heterocycles. The van der Waals surface area contributed by atoms with Gasteiger partial charge in [0.2, 0.25) is 0 Å². The fourth-order valence-electron chi connectivity index (χ4n) is 7.27. The van der Waals surface area contributed by atoms with Crippen molar-refractivity contribution in [2.75, 3.05) is 9.80 Å². The lowest BCUT2D eigenvalue weighted by molar-refractivity contribution is 1.26. The van der Waals surface area contributed by atoms with Crippen molar-refractivity contribution < 1.29 is 0 Å². The molecule has 222 valence electrons. The van der Waals surface area contributed by atoms with Crippen LogP contribution in [0.25, 0.3) is 32.3 Å². The predicted octanol–water partition coefficient (Wildman–Crippen LogP) is 12.8. The highest BCUT2D eigenvalue weighted by molar-refractivity contribution is 6.24. The standard InChI is InChI=1S/C44H36N2/c1-29-19-30(2)22-39(21-29)45(37-11-7-5-8-12-37)41-25-33-15-17-35-27-42(28-36-18-16-34(26-41)43(33)44(35)36)46(38-13-9-6-10-14-38)40-23-31(3)20-32(4)24-40/h5-28H,1-4H3. The Kier molecular flexibility index (Phi) is 6.73. The second kappa shape index (κ2) is 11.1. The molecule has 0 saturated heterocycles. The number of nitrogens with zero attached hydrogens (tertiary/aromatic N) is 2. The zero-order valence-electron chi connectivity index (χ0n) is 26.8. The summed E-state index contributed by atoms with van der Waals surface area (Å²) in [6, 6.07) is 53.6. The molecule has 0 bridgehead atoms. The number of anilines is 6. The molecule has 0 fully saturated rings. The summed E-state index contributed by atoms with van der Waals surface area (Å²) in [7, 11) is 0. The predicted molar refractivity (Wildman–Crippen MR) is 198 cm³/mol. The number of hydrogen-bond donors (Lipinski definition) is 0. The molecule has 46 heavy (non-hydrogen) atoms. The van der Waals surface area contributed by atoms with Crippen LogP contribution in [0.4, 0.5) is 34.1 Å². The summed E-state index contributed by atoms with van der Waals surface area (Å²) in [6.45, 7) is 8.70. The third kappa shape index (κ3) is 4.93. The molecule has 0 aromatic heterocycles. The summed E-state index contributed by atoms with van der Waals surface area (Å²) in [6.07, 6.45) is 0. The van der Waals surface area contributed by atoms with Gasteiger partial charge in [-0.05, 0) is 155 Å². The summed E-state index contributed by atoms with van der Waals surface area (Å²) in [5.41, 5.74) is 12.0. The molecule has 2 heteroatoms. The van der Waals surface area contributed by atoms with E-state index in [-0.39, 0.29) is 0 Å². The van der Waals surface area contributed by atoms with Gasteiger partial charge < -0.3 is 9.80 Å².